The van der Waals surface area contributed by atoms with Crippen molar-refractivity contribution < 1.29 is 22.7 Å². The van der Waals surface area contributed by atoms with Gasteiger partial charge in [0.1, 0.15) is 17.6 Å². The first-order valence-corrected chi connectivity index (χ1v) is 8.90. The summed E-state index contributed by atoms with van der Waals surface area (Å²) in [6, 6.07) is 6.38. The van der Waals surface area contributed by atoms with Crippen LogP contribution in [0, 0.1) is 24.1 Å². The number of carbonyl (C=O) groups is 1. The summed E-state index contributed by atoms with van der Waals surface area (Å²) in [6.45, 7) is 0. The molecule has 0 amide bonds. The molecule has 4 rings (SSSR count). The number of carbonyl (C=O) groups excluding carboxylic acids is 1. The molecule has 8 heteroatoms. The summed E-state index contributed by atoms with van der Waals surface area (Å²) in [6.07, 6.45) is 3.32. The second kappa shape index (κ2) is 6.92. The highest BCUT2D eigenvalue weighted by atomic mass is 19.3. The molecule has 1 aliphatic carbocycles. The maximum atomic E-state index is 14.6. The van der Waals surface area contributed by atoms with Gasteiger partial charge in [-0.15, -0.1) is 6.42 Å². The molecule has 2 heterocycles. The number of aliphatic imine (C=N–C) groups is 1. The average molecular weight is 399 g/mol. The van der Waals surface area contributed by atoms with Crippen molar-refractivity contribution in [1.82, 2.24) is 4.98 Å². The van der Waals surface area contributed by atoms with Crippen LogP contribution < -0.4 is 5.73 Å². The number of aromatic nitrogens is 1. The molecule has 1 aromatic carbocycles. The first-order chi connectivity index (χ1) is 13.8. The number of ketones is 1. The van der Waals surface area contributed by atoms with E-state index < -0.39 is 29.8 Å². The Balaban J connectivity index is 1.68. The number of alkyl halides is 2. The van der Waals surface area contributed by atoms with Crippen molar-refractivity contribution in [2.24, 2.45) is 16.6 Å². The Morgan fingerprint density at radius 1 is 1.38 bits per heavy atom. The molecule has 2 aromatic rings. The average Bonchev–Trinajstić information content (AvgIpc) is 3.48. The van der Waals surface area contributed by atoms with Gasteiger partial charge in [0.15, 0.2) is 11.3 Å². The van der Waals surface area contributed by atoms with Crippen LogP contribution in [0.1, 0.15) is 33.6 Å². The van der Waals surface area contributed by atoms with E-state index in [-0.39, 0.29) is 29.5 Å². The quantitative estimate of drug-likeness (QED) is 0.620. The fourth-order valence-corrected chi connectivity index (χ4v) is 3.71. The lowest BCUT2D eigenvalue weighted by atomic mass is 9.83. The third kappa shape index (κ3) is 3.23. The third-order valence-corrected chi connectivity index (χ3v) is 5.24. The summed E-state index contributed by atoms with van der Waals surface area (Å²) >= 11 is 0. The number of rotatable bonds is 5. The Morgan fingerprint density at radius 2 is 2.17 bits per heavy atom. The van der Waals surface area contributed by atoms with Gasteiger partial charge in [-0.2, -0.15) is 0 Å². The van der Waals surface area contributed by atoms with Crippen molar-refractivity contribution in [3.63, 3.8) is 0 Å². The number of ether oxygens (including phenoxy) is 1. The van der Waals surface area contributed by atoms with Crippen molar-refractivity contribution in [3.8, 4) is 12.3 Å². The van der Waals surface area contributed by atoms with Gasteiger partial charge >= 0.3 is 0 Å². The summed E-state index contributed by atoms with van der Waals surface area (Å²) in [4.78, 5) is 20.3. The molecule has 29 heavy (non-hydrogen) atoms. The van der Waals surface area contributed by atoms with Crippen molar-refractivity contribution in [2.45, 2.75) is 30.9 Å². The zero-order valence-electron chi connectivity index (χ0n) is 15.1. The minimum Gasteiger partial charge on any atom is -0.462 e. The van der Waals surface area contributed by atoms with Crippen molar-refractivity contribution in [1.29, 1.82) is 0 Å². The summed E-state index contributed by atoms with van der Waals surface area (Å²) in [5.74, 6) is 0.545. The Bertz CT molecular complexity index is 1050. The van der Waals surface area contributed by atoms with Crippen LogP contribution in [0.3, 0.4) is 0 Å². The third-order valence-electron chi connectivity index (χ3n) is 5.24. The number of hydrogen-bond acceptors (Lipinski definition) is 5. The summed E-state index contributed by atoms with van der Waals surface area (Å²) in [7, 11) is 0. The summed E-state index contributed by atoms with van der Waals surface area (Å²) in [5.41, 5.74) is 4.23. The molecule has 1 aliphatic heterocycles. The Morgan fingerprint density at radius 3 is 2.83 bits per heavy atom. The number of Topliss-reactive ketones (excluding diaryl/α,β-unsaturated/α-hetero) is 1. The van der Waals surface area contributed by atoms with E-state index in [1.54, 1.807) is 6.07 Å². The topological polar surface area (TPSA) is 77.6 Å². The number of halogens is 3. The van der Waals surface area contributed by atoms with Crippen LogP contribution in [0.25, 0.3) is 0 Å². The number of pyridine rings is 1. The standard InChI is InChI=1S/C21H16F3N3O2/c1-2-11-4-6-16(26-10-11)17(28)8-12-3-5-15(22)13(7-12)21(19(23)24)14-9-18(14)29-20(25)27-21/h1,3-7,10,14,18-19H,8-9H2,(H2,25,27)/t14-,18+,21+/m0/s1. The summed E-state index contributed by atoms with van der Waals surface area (Å²) in [5, 5.41) is 0. The van der Waals surface area contributed by atoms with Crippen LogP contribution in [-0.2, 0) is 16.7 Å². The highest BCUT2D eigenvalue weighted by molar-refractivity contribution is 5.95. The molecule has 148 valence electrons. The molecule has 1 aromatic heterocycles. The highest BCUT2D eigenvalue weighted by Gasteiger charge is 2.64. The molecule has 3 atom stereocenters. The van der Waals surface area contributed by atoms with Crippen molar-refractivity contribution in [3.05, 3.63) is 64.7 Å². The van der Waals surface area contributed by atoms with Gasteiger partial charge in [0.2, 0.25) is 0 Å². The molecule has 5 nitrogen and oxygen atoms in total. The van der Waals surface area contributed by atoms with E-state index in [4.69, 9.17) is 16.9 Å². The molecule has 0 saturated heterocycles. The van der Waals surface area contributed by atoms with E-state index in [1.807, 2.05) is 0 Å². The van der Waals surface area contributed by atoms with Crippen LogP contribution >= 0.6 is 0 Å². The van der Waals surface area contributed by atoms with Gasteiger partial charge in [-0.05, 0) is 36.2 Å². The molecule has 0 spiro atoms. The lowest BCUT2D eigenvalue weighted by Gasteiger charge is -2.33. The largest absolute Gasteiger partial charge is 0.462 e. The van der Waals surface area contributed by atoms with Gasteiger partial charge in [0.05, 0.1) is 0 Å². The molecule has 1 fully saturated rings. The van der Waals surface area contributed by atoms with E-state index in [0.717, 1.165) is 6.07 Å². The molecular formula is C21H16F3N3O2. The smallest absolute Gasteiger partial charge is 0.283 e. The van der Waals surface area contributed by atoms with Gasteiger partial charge in [-0.1, -0.05) is 12.0 Å². The Hall–Kier alpha value is -3.34. The van der Waals surface area contributed by atoms with Gasteiger partial charge in [-0.25, -0.2) is 18.2 Å². The van der Waals surface area contributed by atoms with Gasteiger partial charge in [0, 0.05) is 29.7 Å². The SMILES string of the molecule is C#Cc1ccc(C(=O)Cc2ccc(F)c([C@@]3(C(F)F)N=C(N)O[C@@H]4C[C@@H]43)c2)nc1. The van der Waals surface area contributed by atoms with Gasteiger partial charge in [-0.3, -0.25) is 9.78 Å². The van der Waals surface area contributed by atoms with E-state index in [9.17, 15) is 18.0 Å². The predicted molar refractivity (Wildman–Crippen MR) is 98.9 cm³/mol. The lowest BCUT2D eigenvalue weighted by Crippen LogP contribution is -2.43. The van der Waals surface area contributed by atoms with E-state index >= 15 is 0 Å². The van der Waals surface area contributed by atoms with Gasteiger partial charge < -0.3 is 10.5 Å². The van der Waals surface area contributed by atoms with E-state index in [1.165, 1.54) is 24.4 Å². The zero-order valence-corrected chi connectivity index (χ0v) is 15.1. The van der Waals surface area contributed by atoms with Gasteiger partial charge in [0.25, 0.3) is 12.4 Å². The molecule has 2 aliphatic rings. The van der Waals surface area contributed by atoms with Crippen LogP contribution in [-0.4, -0.2) is 29.3 Å². The number of nitrogens with two attached hydrogens (primary N) is 1. The second-order valence-corrected chi connectivity index (χ2v) is 7.07. The number of terminal acetylenes is 1. The number of amidine groups is 1. The zero-order chi connectivity index (χ0) is 20.8. The number of nitrogens with zero attached hydrogens (tertiary/aromatic N) is 2. The molecule has 1 saturated carbocycles. The van der Waals surface area contributed by atoms with Crippen LogP contribution in [0.15, 0.2) is 41.5 Å². The normalized spacial score (nSPS) is 24.9. The van der Waals surface area contributed by atoms with Crippen LogP contribution in [0.4, 0.5) is 13.2 Å². The maximum absolute atomic E-state index is 14.6. The molecule has 0 radical (unpaired) electrons. The molecule has 2 N–H and O–H groups in total. The number of hydrogen-bond donors (Lipinski definition) is 1. The monoisotopic (exact) mass is 399 g/mol. The molecular weight excluding hydrogens is 383 g/mol. The lowest BCUT2D eigenvalue weighted by molar-refractivity contribution is 0.0176. The van der Waals surface area contributed by atoms with Crippen LogP contribution in [0.2, 0.25) is 0 Å². The highest BCUT2D eigenvalue weighted by Crippen LogP contribution is 2.56. The summed E-state index contributed by atoms with van der Waals surface area (Å²) < 4.78 is 48.1. The predicted octanol–water partition coefficient (Wildman–Crippen LogP) is 2.82. The fraction of sp³-hybridized carbons (Fsp3) is 0.286. The van der Waals surface area contributed by atoms with Crippen molar-refractivity contribution in [2.75, 3.05) is 0 Å². The minimum atomic E-state index is -2.99. The Labute approximate surface area is 164 Å². The van der Waals surface area contributed by atoms with E-state index in [0.29, 0.717) is 17.5 Å². The van der Waals surface area contributed by atoms with Crippen LogP contribution in [0.5, 0.6) is 0 Å². The first kappa shape index (κ1) is 19.0. The number of benzene rings is 1. The minimum absolute atomic E-state index is 0.140. The number of fused-ring (bicyclic) bond motifs is 1. The van der Waals surface area contributed by atoms with E-state index in [2.05, 4.69) is 15.9 Å². The second-order valence-electron chi connectivity index (χ2n) is 7.07. The molecule has 0 bridgehead atoms. The van der Waals surface area contributed by atoms with Crippen molar-refractivity contribution >= 4 is 11.8 Å². The fourth-order valence-electron chi connectivity index (χ4n) is 3.71. The molecule has 0 unspecified atom stereocenters. The first-order valence-electron chi connectivity index (χ1n) is 8.90. The maximum Gasteiger partial charge on any atom is 0.283 e. The Kier molecular flexibility index (Phi) is 4.53.